The van der Waals surface area contributed by atoms with Crippen LogP contribution < -0.4 is 0 Å². The molecule has 0 aromatic carbocycles. The quantitative estimate of drug-likeness (QED) is 0.715. The van der Waals surface area contributed by atoms with Gasteiger partial charge in [-0.2, -0.15) is 0 Å². The van der Waals surface area contributed by atoms with E-state index in [0.717, 1.165) is 0 Å². The van der Waals surface area contributed by atoms with Crippen LogP contribution in [-0.4, -0.2) is 47.3 Å². The van der Waals surface area contributed by atoms with E-state index < -0.39 is 11.1 Å². The van der Waals surface area contributed by atoms with Crippen LogP contribution in [0.25, 0.3) is 0 Å². The standard InChI is InChI=1S/C11H23NO3/c1-10(2,3)15-9(14)7-12(6)11(4,5)8-13/h13H,7-8H2,1-6H3. The number of hydrogen-bond donors (Lipinski definition) is 1. The van der Waals surface area contributed by atoms with Gasteiger partial charge >= 0.3 is 5.97 Å². The second-order valence-electron chi connectivity index (χ2n) is 5.41. The van der Waals surface area contributed by atoms with Crippen LogP contribution in [0.5, 0.6) is 0 Å². The second kappa shape index (κ2) is 4.94. The summed E-state index contributed by atoms with van der Waals surface area (Å²) in [6.07, 6.45) is 0. The molecular weight excluding hydrogens is 194 g/mol. The van der Waals surface area contributed by atoms with Crippen LogP contribution in [0.2, 0.25) is 0 Å². The van der Waals surface area contributed by atoms with Gasteiger partial charge < -0.3 is 9.84 Å². The number of rotatable bonds is 4. The summed E-state index contributed by atoms with van der Waals surface area (Å²) in [5, 5.41) is 9.12. The molecule has 0 saturated heterocycles. The number of likely N-dealkylation sites (N-methyl/N-ethyl adjacent to an activating group) is 1. The third kappa shape index (κ3) is 5.74. The number of esters is 1. The van der Waals surface area contributed by atoms with Crippen LogP contribution in [0, 0.1) is 0 Å². The Morgan fingerprint density at radius 1 is 1.27 bits per heavy atom. The summed E-state index contributed by atoms with van der Waals surface area (Å²) in [4.78, 5) is 13.3. The summed E-state index contributed by atoms with van der Waals surface area (Å²) < 4.78 is 5.19. The van der Waals surface area contributed by atoms with Crippen LogP contribution in [0.3, 0.4) is 0 Å². The van der Waals surface area contributed by atoms with Crippen LogP contribution in [0.15, 0.2) is 0 Å². The highest BCUT2D eigenvalue weighted by molar-refractivity contribution is 5.72. The van der Waals surface area contributed by atoms with Gasteiger partial charge in [0.1, 0.15) is 5.60 Å². The van der Waals surface area contributed by atoms with Crippen molar-refractivity contribution >= 4 is 5.97 Å². The molecule has 4 heteroatoms. The summed E-state index contributed by atoms with van der Waals surface area (Å²) >= 11 is 0. The zero-order valence-electron chi connectivity index (χ0n) is 10.6. The topological polar surface area (TPSA) is 49.8 Å². The summed E-state index contributed by atoms with van der Waals surface area (Å²) in [5.74, 6) is -0.272. The van der Waals surface area contributed by atoms with Crippen molar-refractivity contribution in [2.45, 2.75) is 45.8 Å². The highest BCUT2D eigenvalue weighted by Crippen LogP contribution is 2.12. The third-order valence-corrected chi connectivity index (χ3v) is 2.21. The van der Waals surface area contributed by atoms with E-state index >= 15 is 0 Å². The first-order valence-electron chi connectivity index (χ1n) is 5.12. The molecule has 0 unspecified atom stereocenters. The van der Waals surface area contributed by atoms with E-state index in [1.807, 2.05) is 34.6 Å². The Bertz CT molecular complexity index is 218. The molecule has 0 aliphatic rings. The maximum Gasteiger partial charge on any atom is 0.320 e. The highest BCUT2D eigenvalue weighted by atomic mass is 16.6. The average molecular weight is 217 g/mol. The lowest BCUT2D eigenvalue weighted by Gasteiger charge is -2.33. The normalized spacial score (nSPS) is 13.1. The minimum atomic E-state index is -0.457. The Hall–Kier alpha value is -0.610. The number of carbonyl (C=O) groups is 1. The summed E-state index contributed by atoms with van der Waals surface area (Å²) in [7, 11) is 1.79. The van der Waals surface area contributed by atoms with Gasteiger partial charge in [-0.25, -0.2) is 0 Å². The smallest absolute Gasteiger partial charge is 0.320 e. The largest absolute Gasteiger partial charge is 0.459 e. The first-order valence-corrected chi connectivity index (χ1v) is 5.12. The molecule has 0 radical (unpaired) electrons. The van der Waals surface area contributed by atoms with Gasteiger partial charge in [0.15, 0.2) is 0 Å². The summed E-state index contributed by atoms with van der Waals surface area (Å²) in [6, 6.07) is 0. The minimum absolute atomic E-state index is 0.00625. The lowest BCUT2D eigenvalue weighted by atomic mass is 10.1. The van der Waals surface area contributed by atoms with Gasteiger partial charge in [0, 0.05) is 5.54 Å². The number of aliphatic hydroxyl groups excluding tert-OH is 1. The van der Waals surface area contributed by atoms with Gasteiger partial charge in [-0.15, -0.1) is 0 Å². The van der Waals surface area contributed by atoms with Gasteiger partial charge in [0.05, 0.1) is 13.2 Å². The molecule has 0 aromatic heterocycles. The Balaban J connectivity index is 4.20. The summed E-state index contributed by atoms with van der Waals surface area (Å²) in [6.45, 7) is 9.44. The average Bonchev–Trinajstić information content (AvgIpc) is 2.00. The van der Waals surface area contributed by atoms with E-state index in [1.165, 1.54) is 0 Å². The predicted octanol–water partition coefficient (Wildman–Crippen LogP) is 1.03. The molecule has 0 bridgehead atoms. The van der Waals surface area contributed by atoms with Crippen molar-refractivity contribution in [2.75, 3.05) is 20.2 Å². The third-order valence-electron chi connectivity index (χ3n) is 2.21. The van der Waals surface area contributed by atoms with E-state index in [9.17, 15) is 4.79 Å². The zero-order valence-corrected chi connectivity index (χ0v) is 10.6. The Labute approximate surface area is 92.2 Å². The Morgan fingerprint density at radius 2 is 1.73 bits per heavy atom. The van der Waals surface area contributed by atoms with E-state index in [4.69, 9.17) is 9.84 Å². The fourth-order valence-electron chi connectivity index (χ4n) is 0.902. The fourth-order valence-corrected chi connectivity index (χ4v) is 0.902. The first kappa shape index (κ1) is 14.4. The molecule has 4 nitrogen and oxygen atoms in total. The number of ether oxygens (including phenoxy) is 1. The number of aliphatic hydroxyl groups is 1. The molecular formula is C11H23NO3. The monoisotopic (exact) mass is 217 g/mol. The molecule has 15 heavy (non-hydrogen) atoms. The van der Waals surface area contributed by atoms with E-state index in [-0.39, 0.29) is 19.1 Å². The van der Waals surface area contributed by atoms with Gasteiger partial charge in [0.2, 0.25) is 0 Å². The maximum absolute atomic E-state index is 11.5. The fraction of sp³-hybridized carbons (Fsp3) is 0.909. The van der Waals surface area contributed by atoms with Crippen molar-refractivity contribution < 1.29 is 14.6 Å². The molecule has 0 heterocycles. The molecule has 90 valence electrons. The molecule has 0 rings (SSSR count). The van der Waals surface area contributed by atoms with Crippen LogP contribution in [0.1, 0.15) is 34.6 Å². The Morgan fingerprint density at radius 3 is 2.07 bits per heavy atom. The summed E-state index contributed by atoms with van der Waals surface area (Å²) in [5.41, 5.74) is -0.863. The van der Waals surface area contributed by atoms with Gasteiger partial charge in [-0.05, 0) is 41.7 Å². The van der Waals surface area contributed by atoms with Crippen molar-refractivity contribution in [3.05, 3.63) is 0 Å². The molecule has 0 aliphatic carbocycles. The van der Waals surface area contributed by atoms with E-state index in [2.05, 4.69) is 0 Å². The molecule has 0 spiro atoms. The number of hydrogen-bond acceptors (Lipinski definition) is 4. The van der Waals surface area contributed by atoms with Gasteiger partial charge in [-0.3, -0.25) is 9.69 Å². The van der Waals surface area contributed by atoms with Crippen molar-refractivity contribution in [2.24, 2.45) is 0 Å². The molecule has 1 N–H and O–H groups in total. The number of carbonyl (C=O) groups excluding carboxylic acids is 1. The second-order valence-corrected chi connectivity index (χ2v) is 5.41. The molecule has 0 saturated carbocycles. The van der Waals surface area contributed by atoms with Crippen molar-refractivity contribution in [3.8, 4) is 0 Å². The minimum Gasteiger partial charge on any atom is -0.459 e. The molecule has 0 fully saturated rings. The first-order chi connectivity index (χ1) is 6.58. The van der Waals surface area contributed by atoms with Crippen LogP contribution >= 0.6 is 0 Å². The van der Waals surface area contributed by atoms with Crippen LogP contribution in [-0.2, 0) is 9.53 Å². The molecule has 0 aliphatic heterocycles. The van der Waals surface area contributed by atoms with Crippen molar-refractivity contribution in [1.29, 1.82) is 0 Å². The van der Waals surface area contributed by atoms with E-state index in [0.29, 0.717) is 0 Å². The van der Waals surface area contributed by atoms with E-state index in [1.54, 1.807) is 11.9 Å². The number of nitrogens with zero attached hydrogens (tertiary/aromatic N) is 1. The molecule has 0 atom stereocenters. The zero-order chi connectivity index (χ0) is 12.3. The highest BCUT2D eigenvalue weighted by Gasteiger charge is 2.26. The maximum atomic E-state index is 11.5. The Kier molecular flexibility index (Phi) is 4.74. The van der Waals surface area contributed by atoms with Crippen molar-refractivity contribution in [3.63, 3.8) is 0 Å². The lowest BCUT2D eigenvalue weighted by molar-refractivity contribution is -0.157. The van der Waals surface area contributed by atoms with Gasteiger partial charge in [0.25, 0.3) is 0 Å². The van der Waals surface area contributed by atoms with Crippen molar-refractivity contribution in [1.82, 2.24) is 4.90 Å². The van der Waals surface area contributed by atoms with Crippen LogP contribution in [0.4, 0.5) is 0 Å². The SMILES string of the molecule is CN(CC(=O)OC(C)(C)C)C(C)(C)CO. The molecule has 0 aromatic rings. The molecule has 0 amide bonds. The predicted molar refractivity (Wildman–Crippen MR) is 59.6 cm³/mol. The van der Waals surface area contributed by atoms with Gasteiger partial charge in [-0.1, -0.05) is 0 Å². The lowest BCUT2D eigenvalue weighted by Crippen LogP contribution is -2.47.